The van der Waals surface area contributed by atoms with E-state index in [0.717, 1.165) is 17.6 Å². The maximum Gasteiger partial charge on any atom is 0.458 e. The Balaban J connectivity index is 2.09. The van der Waals surface area contributed by atoms with E-state index in [1.807, 2.05) is 19.1 Å². The van der Waals surface area contributed by atoms with Gasteiger partial charge in [0.25, 0.3) is 0 Å². The first kappa shape index (κ1) is 19.4. The number of phenolic OH excluding ortho intramolecular Hbond substituents is 1. The predicted octanol–water partition coefficient (Wildman–Crippen LogP) is 3.46. The van der Waals surface area contributed by atoms with Crippen LogP contribution >= 0.6 is 0 Å². The minimum atomic E-state index is -0.847. The summed E-state index contributed by atoms with van der Waals surface area (Å²) in [7, 11) is -0.847. The normalized spacial score (nSPS) is 18.2. The van der Waals surface area contributed by atoms with Crippen molar-refractivity contribution in [2.24, 2.45) is 0 Å². The standard InChI is InChI=1S/C19H24BFO4/c1-3-14(10-15-4-6-18(23)17(21)11-15)5-7-19-16(13(2)12-22)8-9-20(24)25-19/h4,6,8,10-11,19,22-24H,2-3,5,7,9,12H2,1H3/b14-10+. The van der Waals surface area contributed by atoms with E-state index < -0.39 is 12.9 Å². The van der Waals surface area contributed by atoms with Gasteiger partial charge in [-0.25, -0.2) is 4.39 Å². The van der Waals surface area contributed by atoms with Crippen LogP contribution < -0.4 is 0 Å². The molecule has 3 N–H and O–H groups in total. The summed E-state index contributed by atoms with van der Waals surface area (Å²) in [5, 5.41) is 28.3. The molecule has 0 saturated heterocycles. The van der Waals surface area contributed by atoms with Gasteiger partial charge in [-0.3, -0.25) is 0 Å². The fraction of sp³-hybridized carbons (Fsp3) is 0.368. The third-order valence-corrected chi connectivity index (χ3v) is 4.33. The Morgan fingerprint density at radius 3 is 2.88 bits per heavy atom. The number of aliphatic hydroxyl groups excluding tert-OH is 1. The number of rotatable bonds is 7. The summed E-state index contributed by atoms with van der Waals surface area (Å²) in [6.07, 6.45) is 5.93. The van der Waals surface area contributed by atoms with Gasteiger partial charge in [0, 0.05) is 6.32 Å². The Kier molecular flexibility index (Phi) is 6.99. The lowest BCUT2D eigenvalue weighted by atomic mass is 9.78. The van der Waals surface area contributed by atoms with E-state index in [9.17, 15) is 19.6 Å². The fourth-order valence-corrected chi connectivity index (χ4v) is 2.88. The van der Waals surface area contributed by atoms with Gasteiger partial charge in [0.2, 0.25) is 0 Å². The Morgan fingerprint density at radius 1 is 1.48 bits per heavy atom. The Bertz CT molecular complexity index is 684. The lowest BCUT2D eigenvalue weighted by Crippen LogP contribution is -2.32. The summed E-state index contributed by atoms with van der Waals surface area (Å²) < 4.78 is 19.1. The number of aromatic hydroxyl groups is 1. The minimum absolute atomic E-state index is 0.148. The second kappa shape index (κ2) is 8.99. The maximum absolute atomic E-state index is 13.5. The molecule has 1 aliphatic heterocycles. The summed E-state index contributed by atoms with van der Waals surface area (Å²) in [6.45, 7) is 5.71. The molecule has 6 heteroatoms. The Morgan fingerprint density at radius 2 is 2.24 bits per heavy atom. The third kappa shape index (κ3) is 5.29. The van der Waals surface area contributed by atoms with E-state index >= 15 is 0 Å². The number of allylic oxidation sites excluding steroid dienone is 2. The molecule has 0 saturated carbocycles. The predicted molar refractivity (Wildman–Crippen MR) is 97.5 cm³/mol. The zero-order valence-corrected chi connectivity index (χ0v) is 14.4. The molecule has 1 unspecified atom stereocenters. The zero-order chi connectivity index (χ0) is 18.4. The lowest BCUT2D eigenvalue weighted by molar-refractivity contribution is 0.180. The van der Waals surface area contributed by atoms with E-state index in [-0.39, 0.29) is 18.5 Å². The van der Waals surface area contributed by atoms with Crippen LogP contribution in [0.5, 0.6) is 5.75 Å². The van der Waals surface area contributed by atoms with Crippen LogP contribution in [0.3, 0.4) is 0 Å². The number of phenols is 1. The maximum atomic E-state index is 13.5. The molecule has 1 heterocycles. The van der Waals surface area contributed by atoms with Crippen LogP contribution in [0.4, 0.5) is 4.39 Å². The molecule has 0 aliphatic carbocycles. The number of aliphatic hydroxyl groups is 1. The first-order valence-corrected chi connectivity index (χ1v) is 8.45. The van der Waals surface area contributed by atoms with Gasteiger partial charge in [-0.15, -0.1) is 0 Å². The molecule has 134 valence electrons. The summed E-state index contributed by atoms with van der Waals surface area (Å²) in [5.74, 6) is -1.01. The van der Waals surface area contributed by atoms with Crippen LogP contribution in [-0.2, 0) is 4.65 Å². The molecule has 2 rings (SSSR count). The molecule has 25 heavy (non-hydrogen) atoms. The zero-order valence-electron chi connectivity index (χ0n) is 14.4. The van der Waals surface area contributed by atoms with Crippen molar-refractivity contribution in [1.82, 2.24) is 0 Å². The smallest absolute Gasteiger partial charge is 0.458 e. The van der Waals surface area contributed by atoms with Gasteiger partial charge in [0.15, 0.2) is 11.6 Å². The summed E-state index contributed by atoms with van der Waals surface area (Å²) in [5.41, 5.74) is 3.22. The van der Waals surface area contributed by atoms with Gasteiger partial charge in [-0.1, -0.05) is 37.3 Å². The highest BCUT2D eigenvalue weighted by Crippen LogP contribution is 2.28. The molecule has 0 amide bonds. The second-order valence-corrected chi connectivity index (χ2v) is 6.14. The molecule has 1 aromatic rings. The van der Waals surface area contributed by atoms with Crippen LogP contribution in [0.1, 0.15) is 31.7 Å². The van der Waals surface area contributed by atoms with Gasteiger partial charge in [0.05, 0.1) is 12.7 Å². The number of hydrogen-bond acceptors (Lipinski definition) is 4. The Labute approximate surface area is 148 Å². The topological polar surface area (TPSA) is 69.9 Å². The molecule has 0 radical (unpaired) electrons. The average molecular weight is 346 g/mol. The largest absolute Gasteiger partial charge is 0.505 e. The van der Waals surface area contributed by atoms with E-state index in [2.05, 4.69) is 6.58 Å². The van der Waals surface area contributed by atoms with Crippen molar-refractivity contribution in [3.8, 4) is 5.75 Å². The van der Waals surface area contributed by atoms with Crippen LogP contribution in [0, 0.1) is 5.82 Å². The van der Waals surface area contributed by atoms with Crippen LogP contribution in [0.25, 0.3) is 6.08 Å². The molecular weight excluding hydrogens is 322 g/mol. The summed E-state index contributed by atoms with van der Waals surface area (Å²) >= 11 is 0. The highest BCUT2D eigenvalue weighted by molar-refractivity contribution is 6.43. The quantitative estimate of drug-likeness (QED) is 0.662. The van der Waals surface area contributed by atoms with Gasteiger partial charge in [-0.05, 0) is 48.1 Å². The van der Waals surface area contributed by atoms with Crippen molar-refractivity contribution < 1.29 is 24.3 Å². The van der Waals surface area contributed by atoms with Crippen molar-refractivity contribution in [3.63, 3.8) is 0 Å². The second-order valence-electron chi connectivity index (χ2n) is 6.14. The van der Waals surface area contributed by atoms with E-state index in [0.29, 0.717) is 30.3 Å². The first-order chi connectivity index (χ1) is 11.9. The van der Waals surface area contributed by atoms with Crippen molar-refractivity contribution in [3.05, 3.63) is 59.0 Å². The van der Waals surface area contributed by atoms with Crippen LogP contribution in [0.2, 0.25) is 6.32 Å². The van der Waals surface area contributed by atoms with E-state index in [1.165, 1.54) is 12.1 Å². The summed E-state index contributed by atoms with van der Waals surface area (Å²) in [4.78, 5) is 0. The number of halogens is 1. The molecule has 0 bridgehead atoms. The number of benzene rings is 1. The SMILES string of the molecule is C=C(CO)C1=CCB(O)OC1CC/C(=C/c1ccc(O)c(F)c1)CC. The van der Waals surface area contributed by atoms with E-state index in [4.69, 9.17) is 4.65 Å². The van der Waals surface area contributed by atoms with Gasteiger partial charge in [0.1, 0.15) is 0 Å². The number of hydrogen-bond donors (Lipinski definition) is 3. The van der Waals surface area contributed by atoms with Crippen molar-refractivity contribution >= 4 is 13.2 Å². The highest BCUT2D eigenvalue weighted by Gasteiger charge is 2.27. The molecular formula is C19H24BFO4. The van der Waals surface area contributed by atoms with Gasteiger partial charge >= 0.3 is 7.12 Å². The fourth-order valence-electron chi connectivity index (χ4n) is 2.88. The van der Waals surface area contributed by atoms with E-state index in [1.54, 1.807) is 6.07 Å². The first-order valence-electron chi connectivity index (χ1n) is 8.45. The average Bonchev–Trinajstić information content (AvgIpc) is 2.61. The third-order valence-electron chi connectivity index (χ3n) is 4.33. The van der Waals surface area contributed by atoms with Crippen molar-refractivity contribution in [2.75, 3.05) is 6.61 Å². The molecule has 1 aliphatic rings. The molecule has 0 spiro atoms. The highest BCUT2D eigenvalue weighted by atomic mass is 19.1. The molecule has 4 nitrogen and oxygen atoms in total. The van der Waals surface area contributed by atoms with Gasteiger partial charge in [-0.2, -0.15) is 0 Å². The van der Waals surface area contributed by atoms with Crippen molar-refractivity contribution in [2.45, 2.75) is 38.6 Å². The molecule has 1 aromatic carbocycles. The van der Waals surface area contributed by atoms with Crippen LogP contribution in [0.15, 0.2) is 47.6 Å². The monoisotopic (exact) mass is 346 g/mol. The molecule has 0 fully saturated rings. The van der Waals surface area contributed by atoms with Gasteiger partial charge < -0.3 is 19.9 Å². The molecule has 1 atom stereocenters. The summed E-state index contributed by atoms with van der Waals surface area (Å²) in [6, 6.07) is 4.29. The van der Waals surface area contributed by atoms with Crippen LogP contribution in [-0.4, -0.2) is 35.1 Å². The van der Waals surface area contributed by atoms with Crippen molar-refractivity contribution in [1.29, 1.82) is 0 Å². The Hall–Kier alpha value is -1.89. The molecule has 0 aromatic heterocycles. The minimum Gasteiger partial charge on any atom is -0.505 e. The lowest BCUT2D eigenvalue weighted by Gasteiger charge is -2.28.